The van der Waals surface area contributed by atoms with Gasteiger partial charge in [-0.1, -0.05) is 12.1 Å². The molecule has 0 radical (unpaired) electrons. The lowest BCUT2D eigenvalue weighted by Crippen LogP contribution is -2.45. The number of sulfonamides is 1. The van der Waals surface area contributed by atoms with Gasteiger partial charge in [0, 0.05) is 24.7 Å². The quantitative estimate of drug-likeness (QED) is 0.312. The summed E-state index contributed by atoms with van der Waals surface area (Å²) in [6.45, 7) is 1.71. The van der Waals surface area contributed by atoms with Crippen LogP contribution in [0.3, 0.4) is 0 Å². The fourth-order valence-corrected chi connectivity index (χ4v) is 7.32. The lowest BCUT2D eigenvalue weighted by atomic mass is 10.1. The minimum atomic E-state index is -4.47. The Morgan fingerprint density at radius 2 is 1.70 bits per heavy atom. The van der Waals surface area contributed by atoms with Crippen LogP contribution in [0.15, 0.2) is 59.5 Å². The highest BCUT2D eigenvalue weighted by molar-refractivity contribution is 7.89. The van der Waals surface area contributed by atoms with Gasteiger partial charge < -0.3 is 15.5 Å². The standard InChI is InChI=1S/C30H34F4N6O3S/c1-39-16-2-4-24(39)14-15-35-29-37-23(18-26(38-29)20-6-8-21(9-7-20)30(32,33)34)19-36-28(41)27-5-3-17-40(27)44(42,43)25-12-10-22(31)11-13-25/h6-13,18,24,27H,2-5,14-17,19H2,1H3,(H,36,41)(H,35,37,38)/t24?,27-/m0/s1. The fraction of sp³-hybridized carbons (Fsp3) is 0.433. The number of hydrogen-bond donors (Lipinski definition) is 2. The third kappa shape index (κ3) is 7.36. The van der Waals surface area contributed by atoms with Crippen molar-refractivity contribution in [3.63, 3.8) is 0 Å². The molecule has 2 aliphatic heterocycles. The third-order valence-electron chi connectivity index (χ3n) is 8.09. The molecule has 0 aliphatic carbocycles. The third-order valence-corrected chi connectivity index (χ3v) is 10.0. The van der Waals surface area contributed by atoms with E-state index in [1.807, 2.05) is 0 Å². The van der Waals surface area contributed by atoms with Crippen LogP contribution >= 0.6 is 0 Å². The summed E-state index contributed by atoms with van der Waals surface area (Å²) < 4.78 is 80.3. The summed E-state index contributed by atoms with van der Waals surface area (Å²) in [7, 11) is -1.95. The van der Waals surface area contributed by atoms with E-state index in [0.717, 1.165) is 54.4 Å². The highest BCUT2D eigenvalue weighted by Crippen LogP contribution is 2.31. The number of aromatic nitrogens is 2. The van der Waals surface area contributed by atoms with Crippen LogP contribution in [0, 0.1) is 5.82 Å². The molecule has 44 heavy (non-hydrogen) atoms. The maximum absolute atomic E-state index is 13.4. The molecule has 1 unspecified atom stereocenters. The van der Waals surface area contributed by atoms with E-state index in [9.17, 15) is 30.8 Å². The number of alkyl halides is 3. The van der Waals surface area contributed by atoms with Gasteiger partial charge in [0.1, 0.15) is 11.9 Å². The normalized spacial score (nSPS) is 19.8. The zero-order valence-corrected chi connectivity index (χ0v) is 25.0. The number of amides is 1. The summed E-state index contributed by atoms with van der Waals surface area (Å²) in [5.41, 5.74) is 0.437. The first-order valence-electron chi connectivity index (χ1n) is 14.5. The predicted molar refractivity (Wildman–Crippen MR) is 156 cm³/mol. The summed E-state index contributed by atoms with van der Waals surface area (Å²) >= 11 is 0. The molecule has 2 atom stereocenters. The van der Waals surface area contributed by atoms with E-state index in [1.54, 1.807) is 6.07 Å². The first-order chi connectivity index (χ1) is 20.9. The van der Waals surface area contributed by atoms with Gasteiger partial charge in [0.05, 0.1) is 28.4 Å². The van der Waals surface area contributed by atoms with Crippen LogP contribution in [-0.2, 0) is 27.5 Å². The molecule has 236 valence electrons. The van der Waals surface area contributed by atoms with E-state index in [1.165, 1.54) is 24.3 Å². The Balaban J connectivity index is 1.32. The summed E-state index contributed by atoms with van der Waals surface area (Å²) in [6, 6.07) is 10.1. The van der Waals surface area contributed by atoms with Crippen molar-refractivity contribution in [2.45, 2.75) is 61.8 Å². The van der Waals surface area contributed by atoms with E-state index in [2.05, 4.69) is 32.5 Å². The van der Waals surface area contributed by atoms with Crippen molar-refractivity contribution >= 4 is 21.9 Å². The molecule has 0 saturated carbocycles. The molecular weight excluding hydrogens is 600 g/mol. The maximum Gasteiger partial charge on any atom is 0.416 e. The fourth-order valence-electron chi connectivity index (χ4n) is 5.67. The van der Waals surface area contributed by atoms with Crippen molar-refractivity contribution in [1.29, 1.82) is 0 Å². The Hall–Kier alpha value is -3.62. The molecule has 2 N–H and O–H groups in total. The largest absolute Gasteiger partial charge is 0.416 e. The van der Waals surface area contributed by atoms with Crippen LogP contribution in [0.1, 0.15) is 43.4 Å². The lowest BCUT2D eigenvalue weighted by Gasteiger charge is -2.23. The highest BCUT2D eigenvalue weighted by atomic mass is 32.2. The Morgan fingerprint density at radius 1 is 1.00 bits per heavy atom. The summed E-state index contributed by atoms with van der Waals surface area (Å²) in [5.74, 6) is -0.810. The Kier molecular flexibility index (Phi) is 9.51. The molecule has 2 aliphatic rings. The molecule has 14 heteroatoms. The summed E-state index contributed by atoms with van der Waals surface area (Å²) in [5, 5.41) is 5.98. The number of nitrogens with one attached hydrogen (secondary N) is 2. The molecule has 5 rings (SSSR count). The number of nitrogens with zero attached hydrogens (tertiary/aromatic N) is 4. The van der Waals surface area contributed by atoms with Crippen LogP contribution in [0.4, 0.5) is 23.5 Å². The van der Waals surface area contributed by atoms with Crippen molar-refractivity contribution in [2.75, 3.05) is 32.0 Å². The minimum Gasteiger partial charge on any atom is -0.354 e. The molecule has 2 fully saturated rings. The van der Waals surface area contributed by atoms with Crippen molar-refractivity contribution in [3.8, 4) is 11.3 Å². The molecule has 3 aromatic rings. The average molecular weight is 635 g/mol. The number of likely N-dealkylation sites (tertiary alicyclic amines) is 1. The van der Waals surface area contributed by atoms with Gasteiger partial charge in [-0.15, -0.1) is 0 Å². The predicted octanol–water partition coefficient (Wildman–Crippen LogP) is 4.67. The van der Waals surface area contributed by atoms with E-state index in [-0.39, 0.29) is 23.9 Å². The molecule has 1 amide bonds. The molecule has 1 aromatic heterocycles. The van der Waals surface area contributed by atoms with Crippen LogP contribution in [-0.4, -0.2) is 72.3 Å². The smallest absolute Gasteiger partial charge is 0.354 e. The van der Waals surface area contributed by atoms with Gasteiger partial charge in [0.2, 0.25) is 21.9 Å². The number of rotatable bonds is 10. The maximum atomic E-state index is 13.4. The van der Waals surface area contributed by atoms with Crippen LogP contribution < -0.4 is 10.6 Å². The van der Waals surface area contributed by atoms with Crippen molar-refractivity contribution < 1.29 is 30.8 Å². The van der Waals surface area contributed by atoms with Gasteiger partial charge in [-0.25, -0.2) is 22.8 Å². The number of benzene rings is 2. The van der Waals surface area contributed by atoms with Gasteiger partial charge in [-0.2, -0.15) is 17.5 Å². The Bertz CT molecular complexity index is 1570. The first kappa shape index (κ1) is 31.8. The topological polar surface area (TPSA) is 108 Å². The number of halogens is 4. The van der Waals surface area contributed by atoms with Crippen LogP contribution in [0.2, 0.25) is 0 Å². The molecule has 3 heterocycles. The van der Waals surface area contributed by atoms with Crippen LogP contribution in [0.25, 0.3) is 11.3 Å². The van der Waals surface area contributed by atoms with Gasteiger partial charge in [0.25, 0.3) is 0 Å². The zero-order valence-electron chi connectivity index (χ0n) is 24.1. The number of carbonyl (C=O) groups excluding carboxylic acids is 1. The second kappa shape index (κ2) is 13.2. The monoisotopic (exact) mass is 634 g/mol. The van der Waals surface area contributed by atoms with Gasteiger partial charge in [-0.05, 0) is 88.2 Å². The van der Waals surface area contributed by atoms with E-state index < -0.39 is 39.5 Å². The second-order valence-corrected chi connectivity index (χ2v) is 13.0. The minimum absolute atomic E-state index is 0.0596. The SMILES string of the molecule is CN1CCCC1CCNc1nc(CNC(=O)[C@@H]2CCCN2S(=O)(=O)c2ccc(F)cc2)cc(-c2ccc(C(F)(F)F)cc2)n1. The molecule has 0 spiro atoms. The molecular formula is C30H34F4N6O3S. The van der Waals surface area contributed by atoms with E-state index >= 15 is 0 Å². The van der Waals surface area contributed by atoms with Crippen LogP contribution in [0.5, 0.6) is 0 Å². The first-order valence-corrected chi connectivity index (χ1v) is 15.9. The average Bonchev–Trinajstić information content (AvgIpc) is 3.66. The highest BCUT2D eigenvalue weighted by Gasteiger charge is 2.39. The van der Waals surface area contributed by atoms with Gasteiger partial charge in [-0.3, -0.25) is 4.79 Å². The van der Waals surface area contributed by atoms with E-state index in [0.29, 0.717) is 42.4 Å². The van der Waals surface area contributed by atoms with E-state index in [4.69, 9.17) is 0 Å². The number of anilines is 1. The summed E-state index contributed by atoms with van der Waals surface area (Å²) in [6.07, 6.45) is -0.594. The number of carbonyl (C=O) groups is 1. The molecule has 2 aromatic carbocycles. The van der Waals surface area contributed by atoms with Crippen molar-refractivity contribution in [3.05, 3.63) is 71.7 Å². The number of hydrogen-bond acceptors (Lipinski definition) is 7. The Labute approximate surface area is 253 Å². The zero-order chi connectivity index (χ0) is 31.5. The summed E-state index contributed by atoms with van der Waals surface area (Å²) in [4.78, 5) is 24.5. The van der Waals surface area contributed by atoms with Crippen molar-refractivity contribution in [2.24, 2.45) is 0 Å². The lowest BCUT2D eigenvalue weighted by molar-refractivity contribution is -0.137. The molecule has 0 bridgehead atoms. The Morgan fingerprint density at radius 3 is 2.36 bits per heavy atom. The van der Waals surface area contributed by atoms with Gasteiger partial charge >= 0.3 is 6.18 Å². The van der Waals surface area contributed by atoms with Gasteiger partial charge in [0.15, 0.2) is 0 Å². The molecule has 9 nitrogen and oxygen atoms in total. The second-order valence-electron chi connectivity index (χ2n) is 11.1. The van der Waals surface area contributed by atoms with Crippen molar-refractivity contribution in [1.82, 2.24) is 24.5 Å². The molecule has 2 saturated heterocycles.